The number of hydrogen-bond acceptors (Lipinski definition) is 1. The zero-order valence-electron chi connectivity index (χ0n) is 29.1. The van der Waals surface area contributed by atoms with Crippen LogP contribution in [0.2, 0.25) is 0 Å². The molecule has 4 nitrogen and oxygen atoms in total. The summed E-state index contributed by atoms with van der Waals surface area (Å²) in [5, 5.41) is 17.2. The first-order valence-electron chi connectivity index (χ1n) is 18.6. The predicted octanol–water partition coefficient (Wildman–Crippen LogP) is 11.6. The standard InChI is InChI=1S/C43H55N3O/c1-4-7-10-19-28-44-31-37(34-22-13-16-25-40(34)44)43(47,38-32-45(29-20-11-8-5-2)41-26-17-14-23-35(38)41)39-33-46(30-21-12-9-6-3)42-27-18-15-24-36(39)42/h13-18,22-27,31-33,47H,4-12,19-21,28-30H2,1-3H3. The Morgan fingerprint density at radius 2 is 0.723 bits per heavy atom. The monoisotopic (exact) mass is 629 g/mol. The van der Waals surface area contributed by atoms with E-state index in [4.69, 9.17) is 0 Å². The van der Waals surface area contributed by atoms with Crippen molar-refractivity contribution in [1.82, 2.24) is 13.7 Å². The van der Waals surface area contributed by atoms with Gasteiger partial charge in [-0.25, -0.2) is 0 Å². The van der Waals surface area contributed by atoms with E-state index in [1.165, 1.54) is 74.3 Å². The van der Waals surface area contributed by atoms with E-state index in [9.17, 15) is 5.11 Å². The molecule has 3 aromatic heterocycles. The zero-order chi connectivity index (χ0) is 32.6. The van der Waals surface area contributed by atoms with Crippen molar-refractivity contribution in [2.45, 2.75) is 123 Å². The van der Waals surface area contributed by atoms with Crippen molar-refractivity contribution in [2.75, 3.05) is 0 Å². The van der Waals surface area contributed by atoms with E-state index in [-0.39, 0.29) is 0 Å². The second-order valence-electron chi connectivity index (χ2n) is 13.7. The molecule has 0 amide bonds. The number of hydrogen-bond donors (Lipinski definition) is 1. The predicted molar refractivity (Wildman–Crippen MR) is 200 cm³/mol. The molecule has 6 aromatic rings. The van der Waals surface area contributed by atoms with Gasteiger partial charge in [0.15, 0.2) is 0 Å². The first-order valence-corrected chi connectivity index (χ1v) is 18.6. The highest BCUT2D eigenvalue weighted by Gasteiger charge is 2.41. The van der Waals surface area contributed by atoms with Crippen molar-refractivity contribution in [1.29, 1.82) is 0 Å². The molecule has 0 saturated heterocycles. The number of rotatable bonds is 18. The molecule has 3 heterocycles. The van der Waals surface area contributed by atoms with Gasteiger partial charge in [-0.3, -0.25) is 0 Å². The lowest BCUT2D eigenvalue weighted by Crippen LogP contribution is -2.28. The van der Waals surface area contributed by atoms with Gasteiger partial charge in [-0.05, 0) is 37.5 Å². The molecule has 6 rings (SSSR count). The molecule has 0 fully saturated rings. The smallest absolute Gasteiger partial charge is 0.146 e. The number of fused-ring (bicyclic) bond motifs is 3. The lowest BCUT2D eigenvalue weighted by Gasteiger charge is -2.28. The average Bonchev–Trinajstić information content (AvgIpc) is 3.80. The van der Waals surface area contributed by atoms with E-state index >= 15 is 0 Å². The van der Waals surface area contributed by atoms with Gasteiger partial charge in [-0.1, -0.05) is 133 Å². The fourth-order valence-electron chi connectivity index (χ4n) is 7.72. The van der Waals surface area contributed by atoms with Crippen LogP contribution in [0.4, 0.5) is 0 Å². The maximum Gasteiger partial charge on any atom is 0.146 e. The highest BCUT2D eigenvalue weighted by atomic mass is 16.3. The van der Waals surface area contributed by atoms with E-state index in [2.05, 4.69) is 126 Å². The molecule has 0 unspecified atom stereocenters. The van der Waals surface area contributed by atoms with Crippen molar-refractivity contribution < 1.29 is 5.11 Å². The summed E-state index contributed by atoms with van der Waals surface area (Å²) in [5.41, 5.74) is 5.18. The number of para-hydroxylation sites is 3. The molecule has 1 N–H and O–H groups in total. The van der Waals surface area contributed by atoms with E-state index in [1.54, 1.807) is 0 Å². The third-order valence-corrected chi connectivity index (χ3v) is 10.3. The molecular weight excluding hydrogens is 574 g/mol. The Balaban J connectivity index is 1.58. The Morgan fingerprint density at radius 3 is 1.02 bits per heavy atom. The van der Waals surface area contributed by atoms with Gasteiger partial charge in [-0.2, -0.15) is 0 Å². The normalized spacial score (nSPS) is 12.3. The lowest BCUT2D eigenvalue weighted by molar-refractivity contribution is 0.129. The number of aromatic nitrogens is 3. The van der Waals surface area contributed by atoms with Crippen LogP contribution >= 0.6 is 0 Å². The lowest BCUT2D eigenvalue weighted by atomic mass is 9.80. The molecule has 4 heteroatoms. The highest BCUT2D eigenvalue weighted by Crippen LogP contribution is 2.47. The summed E-state index contributed by atoms with van der Waals surface area (Å²) in [6, 6.07) is 26.1. The fraction of sp³-hybridized carbons (Fsp3) is 0.442. The Bertz CT molecular complexity index is 1670. The molecule has 0 saturated carbocycles. The summed E-state index contributed by atoms with van der Waals surface area (Å²) in [6.45, 7) is 9.66. The molecule has 0 aliphatic rings. The first kappa shape index (κ1) is 33.2. The maximum atomic E-state index is 13.8. The number of unbranched alkanes of at least 4 members (excludes halogenated alkanes) is 9. The quantitative estimate of drug-likeness (QED) is 0.0943. The first-order chi connectivity index (χ1) is 23.1. The van der Waals surface area contributed by atoms with E-state index in [0.29, 0.717) is 0 Å². The van der Waals surface area contributed by atoms with Crippen LogP contribution in [0.5, 0.6) is 0 Å². The summed E-state index contributed by atoms with van der Waals surface area (Å²) < 4.78 is 7.21. The van der Waals surface area contributed by atoms with Crippen LogP contribution in [0.1, 0.15) is 115 Å². The molecule has 47 heavy (non-hydrogen) atoms. The van der Waals surface area contributed by atoms with Gasteiger partial charge in [0.05, 0.1) is 0 Å². The SMILES string of the molecule is CCCCCCn1cc(C(O)(c2cn(CCCCCC)c3ccccc23)c2cn(CCCCCC)c3ccccc23)c2ccccc21. The molecule has 0 radical (unpaired) electrons. The minimum Gasteiger partial charge on any atom is -0.376 e. The van der Waals surface area contributed by atoms with Gasteiger partial charge < -0.3 is 18.8 Å². The van der Waals surface area contributed by atoms with Crippen LogP contribution in [-0.4, -0.2) is 18.8 Å². The Kier molecular flexibility index (Phi) is 10.9. The van der Waals surface area contributed by atoms with Gasteiger partial charge in [-0.15, -0.1) is 0 Å². The second kappa shape index (κ2) is 15.4. The van der Waals surface area contributed by atoms with E-state index < -0.39 is 5.60 Å². The Labute approximate surface area is 282 Å². The Morgan fingerprint density at radius 1 is 0.426 bits per heavy atom. The molecule has 0 aliphatic heterocycles. The summed E-state index contributed by atoms with van der Waals surface area (Å²) in [7, 11) is 0. The molecule has 248 valence electrons. The van der Waals surface area contributed by atoms with Crippen LogP contribution in [0, 0.1) is 0 Å². The van der Waals surface area contributed by atoms with Crippen LogP contribution in [0.3, 0.4) is 0 Å². The third-order valence-electron chi connectivity index (χ3n) is 10.3. The average molecular weight is 630 g/mol. The maximum absolute atomic E-state index is 13.8. The van der Waals surface area contributed by atoms with Crippen LogP contribution in [0.25, 0.3) is 32.7 Å². The zero-order valence-corrected chi connectivity index (χ0v) is 29.1. The van der Waals surface area contributed by atoms with Crippen LogP contribution in [-0.2, 0) is 25.2 Å². The molecule has 0 bridgehead atoms. The van der Waals surface area contributed by atoms with Crippen molar-refractivity contribution in [3.63, 3.8) is 0 Å². The second-order valence-corrected chi connectivity index (χ2v) is 13.7. The topological polar surface area (TPSA) is 35.0 Å². The fourth-order valence-corrected chi connectivity index (χ4v) is 7.72. The van der Waals surface area contributed by atoms with E-state index in [0.717, 1.165) is 71.7 Å². The summed E-state index contributed by atoms with van der Waals surface area (Å²) >= 11 is 0. The van der Waals surface area contributed by atoms with Crippen molar-refractivity contribution in [2.24, 2.45) is 0 Å². The third kappa shape index (κ3) is 6.67. The largest absolute Gasteiger partial charge is 0.376 e. The van der Waals surface area contributed by atoms with Crippen molar-refractivity contribution in [3.8, 4) is 0 Å². The van der Waals surface area contributed by atoms with Crippen molar-refractivity contribution in [3.05, 3.63) is 108 Å². The number of aryl methyl sites for hydroxylation is 3. The Hall–Kier alpha value is -3.76. The van der Waals surface area contributed by atoms with Crippen molar-refractivity contribution >= 4 is 32.7 Å². The van der Waals surface area contributed by atoms with Gasteiger partial charge in [0.25, 0.3) is 0 Å². The number of aliphatic hydroxyl groups is 1. The molecule has 3 aromatic carbocycles. The highest BCUT2D eigenvalue weighted by molar-refractivity contribution is 5.94. The minimum absolute atomic E-state index is 0.953. The summed E-state index contributed by atoms with van der Waals surface area (Å²) in [6.07, 6.45) is 21.3. The minimum atomic E-state index is -1.35. The van der Waals surface area contributed by atoms with Gasteiger partial charge in [0.1, 0.15) is 5.60 Å². The molecule has 0 atom stereocenters. The molecule has 0 aliphatic carbocycles. The molecule has 0 spiro atoms. The van der Waals surface area contributed by atoms with Crippen LogP contribution < -0.4 is 0 Å². The number of benzene rings is 3. The van der Waals surface area contributed by atoms with Gasteiger partial charge >= 0.3 is 0 Å². The van der Waals surface area contributed by atoms with E-state index in [1.807, 2.05) is 0 Å². The number of nitrogens with zero attached hydrogens (tertiary/aromatic N) is 3. The summed E-state index contributed by atoms with van der Waals surface area (Å²) in [5.74, 6) is 0. The van der Waals surface area contributed by atoms with Gasteiger partial charge in [0.2, 0.25) is 0 Å². The van der Waals surface area contributed by atoms with Gasteiger partial charge in [0, 0.05) is 87.6 Å². The molecular formula is C43H55N3O. The van der Waals surface area contributed by atoms with Crippen LogP contribution in [0.15, 0.2) is 91.4 Å². The summed E-state index contributed by atoms with van der Waals surface area (Å²) in [4.78, 5) is 0.